The molecule has 122 valence electrons. The van der Waals surface area contributed by atoms with Crippen molar-refractivity contribution in [1.82, 2.24) is 10.6 Å². The van der Waals surface area contributed by atoms with Gasteiger partial charge < -0.3 is 15.4 Å². The van der Waals surface area contributed by atoms with Crippen molar-refractivity contribution in [3.05, 3.63) is 11.6 Å². The molecule has 2 atom stereocenters. The van der Waals surface area contributed by atoms with Gasteiger partial charge in [-0.15, -0.1) is 24.0 Å². The molecule has 0 radical (unpaired) electrons. The van der Waals surface area contributed by atoms with Gasteiger partial charge in [-0.25, -0.2) is 0 Å². The molecule has 21 heavy (non-hydrogen) atoms. The van der Waals surface area contributed by atoms with E-state index in [9.17, 15) is 0 Å². The molecule has 1 aliphatic carbocycles. The minimum Gasteiger partial charge on any atom is -0.377 e. The lowest BCUT2D eigenvalue weighted by atomic mass is 9.87. The summed E-state index contributed by atoms with van der Waals surface area (Å²) in [6.07, 6.45) is 9.63. The van der Waals surface area contributed by atoms with Gasteiger partial charge in [-0.3, -0.25) is 4.99 Å². The molecule has 0 aromatic rings. The summed E-state index contributed by atoms with van der Waals surface area (Å²) in [5.74, 6) is 1.79. The van der Waals surface area contributed by atoms with Crippen LogP contribution in [0.15, 0.2) is 16.6 Å². The van der Waals surface area contributed by atoms with Crippen LogP contribution in [0, 0.1) is 5.92 Å². The van der Waals surface area contributed by atoms with Crippen LogP contribution in [0.1, 0.15) is 45.4 Å². The van der Waals surface area contributed by atoms with E-state index in [0.717, 1.165) is 44.5 Å². The molecular weight excluding hydrogens is 377 g/mol. The Bertz CT molecular complexity index is 357. The molecule has 1 heterocycles. The number of ether oxygens (including phenoxy) is 1. The fraction of sp³-hybridized carbons (Fsp3) is 0.812. The molecular formula is C16H30IN3O. The summed E-state index contributed by atoms with van der Waals surface area (Å²) < 4.78 is 5.33. The summed E-state index contributed by atoms with van der Waals surface area (Å²) >= 11 is 0. The highest BCUT2D eigenvalue weighted by Crippen LogP contribution is 2.23. The summed E-state index contributed by atoms with van der Waals surface area (Å²) in [5, 5.41) is 7.00. The van der Waals surface area contributed by atoms with Crippen molar-refractivity contribution >= 4 is 29.9 Å². The third kappa shape index (κ3) is 7.00. The first-order chi connectivity index (χ1) is 9.78. The lowest BCUT2D eigenvalue weighted by Gasteiger charge is -2.29. The van der Waals surface area contributed by atoms with Crippen LogP contribution in [0.3, 0.4) is 0 Å². The Hall–Kier alpha value is -0.300. The molecule has 2 unspecified atom stereocenters. The molecule has 0 amide bonds. The van der Waals surface area contributed by atoms with Crippen LogP contribution >= 0.6 is 24.0 Å². The normalized spacial score (nSPS) is 26.6. The average molecular weight is 407 g/mol. The minimum atomic E-state index is 0. The SMILES string of the molecule is CN=C(NCCC1=CCOCC1)NC1CCCC(C)C1.I. The lowest BCUT2D eigenvalue weighted by molar-refractivity contribution is 0.153. The van der Waals surface area contributed by atoms with Gasteiger partial charge in [-0.05, 0) is 31.6 Å². The largest absolute Gasteiger partial charge is 0.377 e. The first-order valence-corrected chi connectivity index (χ1v) is 8.00. The molecule has 2 aliphatic rings. The van der Waals surface area contributed by atoms with Crippen molar-refractivity contribution < 1.29 is 4.74 Å². The van der Waals surface area contributed by atoms with E-state index in [1.807, 2.05) is 7.05 Å². The Labute approximate surface area is 146 Å². The van der Waals surface area contributed by atoms with Gasteiger partial charge in [-0.2, -0.15) is 0 Å². The van der Waals surface area contributed by atoms with E-state index in [2.05, 4.69) is 28.6 Å². The zero-order valence-electron chi connectivity index (χ0n) is 13.4. The summed E-state index contributed by atoms with van der Waals surface area (Å²) in [6, 6.07) is 0.590. The van der Waals surface area contributed by atoms with Crippen molar-refractivity contribution in [2.75, 3.05) is 26.8 Å². The fourth-order valence-electron chi connectivity index (χ4n) is 3.09. The molecule has 5 heteroatoms. The van der Waals surface area contributed by atoms with E-state index >= 15 is 0 Å². The van der Waals surface area contributed by atoms with Crippen molar-refractivity contribution in [3.8, 4) is 0 Å². The highest BCUT2D eigenvalue weighted by atomic mass is 127. The molecule has 2 N–H and O–H groups in total. The third-order valence-corrected chi connectivity index (χ3v) is 4.30. The lowest BCUT2D eigenvalue weighted by Crippen LogP contribution is -2.45. The van der Waals surface area contributed by atoms with Crippen molar-refractivity contribution in [1.29, 1.82) is 0 Å². The topological polar surface area (TPSA) is 45.7 Å². The van der Waals surface area contributed by atoms with Gasteiger partial charge in [0.05, 0.1) is 13.2 Å². The number of halogens is 1. The fourth-order valence-corrected chi connectivity index (χ4v) is 3.09. The van der Waals surface area contributed by atoms with Gasteiger partial charge in [0.1, 0.15) is 0 Å². The average Bonchev–Trinajstić information content (AvgIpc) is 2.47. The predicted molar refractivity (Wildman–Crippen MR) is 99.5 cm³/mol. The molecule has 0 bridgehead atoms. The number of rotatable bonds is 4. The molecule has 1 fully saturated rings. The monoisotopic (exact) mass is 407 g/mol. The number of aliphatic imine (C=N–C) groups is 1. The summed E-state index contributed by atoms with van der Waals surface area (Å²) in [4.78, 5) is 4.34. The van der Waals surface area contributed by atoms with E-state index in [0.29, 0.717) is 6.04 Å². The summed E-state index contributed by atoms with van der Waals surface area (Å²) in [7, 11) is 1.86. The maximum absolute atomic E-state index is 5.33. The Morgan fingerprint density at radius 3 is 2.95 bits per heavy atom. The highest BCUT2D eigenvalue weighted by Gasteiger charge is 2.19. The van der Waals surface area contributed by atoms with E-state index < -0.39 is 0 Å². The standard InChI is InChI=1S/C16H29N3O.HI/c1-13-4-3-5-15(12-13)19-16(17-2)18-9-6-14-7-10-20-11-8-14;/h7,13,15H,3-6,8-12H2,1-2H3,(H2,17,18,19);1H. The number of guanidine groups is 1. The van der Waals surface area contributed by atoms with Gasteiger partial charge in [0.15, 0.2) is 5.96 Å². The number of nitrogens with zero attached hydrogens (tertiary/aromatic N) is 1. The number of hydrogen-bond donors (Lipinski definition) is 2. The second-order valence-corrected chi connectivity index (χ2v) is 6.05. The first-order valence-electron chi connectivity index (χ1n) is 8.00. The summed E-state index contributed by atoms with van der Waals surface area (Å²) in [5.41, 5.74) is 1.51. The van der Waals surface area contributed by atoms with Crippen LogP contribution in [0.4, 0.5) is 0 Å². The Morgan fingerprint density at radius 2 is 2.29 bits per heavy atom. The molecule has 0 spiro atoms. The molecule has 0 saturated heterocycles. The third-order valence-electron chi connectivity index (χ3n) is 4.30. The second-order valence-electron chi connectivity index (χ2n) is 6.05. The second kappa shape index (κ2) is 10.4. The van der Waals surface area contributed by atoms with E-state index in [1.54, 1.807) is 0 Å². The molecule has 2 rings (SSSR count). The molecule has 0 aromatic carbocycles. The van der Waals surface area contributed by atoms with Crippen LogP contribution in [0.25, 0.3) is 0 Å². The van der Waals surface area contributed by atoms with Crippen molar-refractivity contribution in [2.45, 2.75) is 51.5 Å². The number of hydrogen-bond acceptors (Lipinski definition) is 2. The minimum absolute atomic E-state index is 0. The zero-order chi connectivity index (χ0) is 14.2. The van der Waals surface area contributed by atoms with Crippen LogP contribution in [0.5, 0.6) is 0 Å². The van der Waals surface area contributed by atoms with Crippen LogP contribution in [0.2, 0.25) is 0 Å². The van der Waals surface area contributed by atoms with Gasteiger partial charge in [0.2, 0.25) is 0 Å². The van der Waals surface area contributed by atoms with Crippen LogP contribution in [-0.4, -0.2) is 38.8 Å². The Balaban J connectivity index is 0.00000220. The maximum atomic E-state index is 5.33. The van der Waals surface area contributed by atoms with Crippen LogP contribution < -0.4 is 10.6 Å². The maximum Gasteiger partial charge on any atom is 0.191 e. The van der Waals surface area contributed by atoms with Gasteiger partial charge >= 0.3 is 0 Å². The van der Waals surface area contributed by atoms with Crippen molar-refractivity contribution in [3.63, 3.8) is 0 Å². The number of nitrogens with one attached hydrogen (secondary N) is 2. The van der Waals surface area contributed by atoms with Gasteiger partial charge in [0.25, 0.3) is 0 Å². The van der Waals surface area contributed by atoms with Gasteiger partial charge in [-0.1, -0.05) is 31.4 Å². The summed E-state index contributed by atoms with van der Waals surface area (Å²) in [6.45, 7) is 4.95. The smallest absolute Gasteiger partial charge is 0.191 e. The Morgan fingerprint density at radius 1 is 1.43 bits per heavy atom. The van der Waals surface area contributed by atoms with E-state index in [-0.39, 0.29) is 24.0 Å². The first kappa shape index (κ1) is 18.7. The predicted octanol–water partition coefficient (Wildman–Crippen LogP) is 3.08. The van der Waals surface area contributed by atoms with Gasteiger partial charge in [0, 0.05) is 19.6 Å². The van der Waals surface area contributed by atoms with Crippen LogP contribution in [-0.2, 0) is 4.74 Å². The molecule has 1 saturated carbocycles. The highest BCUT2D eigenvalue weighted by molar-refractivity contribution is 14.0. The van der Waals surface area contributed by atoms with E-state index in [1.165, 1.54) is 31.3 Å². The molecule has 4 nitrogen and oxygen atoms in total. The quantitative estimate of drug-likeness (QED) is 0.326. The molecule has 0 aromatic heterocycles. The zero-order valence-corrected chi connectivity index (χ0v) is 15.7. The van der Waals surface area contributed by atoms with E-state index in [4.69, 9.17) is 4.74 Å². The van der Waals surface area contributed by atoms with Crippen molar-refractivity contribution in [2.24, 2.45) is 10.9 Å². The molecule has 1 aliphatic heterocycles. The Kier molecular flexibility index (Phi) is 9.31.